The molecule has 0 aliphatic rings. The Kier molecular flexibility index (Phi) is 23.5. The largest absolute Gasteiger partial charge is 1.00 e. The van der Waals surface area contributed by atoms with Crippen LogP contribution in [0.2, 0.25) is 26.2 Å². The Labute approximate surface area is 478 Å². The molecule has 0 atom stereocenters. The minimum Gasteiger partial charge on any atom is -1.00 e. The van der Waals surface area contributed by atoms with Crippen molar-refractivity contribution in [2.45, 2.75) is 145 Å². The van der Waals surface area contributed by atoms with Crippen LogP contribution in [0.25, 0.3) is 64.6 Å². The molecule has 10 rings (SSSR count). The molecule has 0 fully saturated rings. The molecule has 0 radical (unpaired) electrons. The summed E-state index contributed by atoms with van der Waals surface area (Å²) >= 11 is 3.48. The van der Waals surface area contributed by atoms with Crippen LogP contribution in [0.1, 0.15) is 116 Å². The summed E-state index contributed by atoms with van der Waals surface area (Å²) in [4.78, 5) is 0. The molecular weight excluding hydrogens is 1100 g/mol. The third kappa shape index (κ3) is 18.1. The zero-order valence-electron chi connectivity index (χ0n) is 46.8. The van der Waals surface area contributed by atoms with Gasteiger partial charge in [0.05, 0.1) is 0 Å². The first kappa shape index (κ1) is 63.4. The van der Waals surface area contributed by atoms with E-state index in [0.29, 0.717) is 0 Å². The predicted molar refractivity (Wildman–Crippen MR) is 312 cm³/mol. The van der Waals surface area contributed by atoms with Gasteiger partial charge < -0.3 is 24.8 Å². The number of hydrogen-bond donors (Lipinski definition) is 0. The van der Waals surface area contributed by atoms with Gasteiger partial charge in [0, 0.05) is 0 Å². The molecule has 0 N–H and O–H groups in total. The second-order valence-electron chi connectivity index (χ2n) is 23.8. The summed E-state index contributed by atoms with van der Waals surface area (Å²) < 4.78 is 0. The number of benzene rings is 6. The molecule has 0 spiro atoms. The van der Waals surface area contributed by atoms with Gasteiger partial charge in [-0.2, -0.15) is 12.1 Å². The van der Waals surface area contributed by atoms with Gasteiger partial charge in [-0.05, 0) is 21.7 Å². The molecule has 376 valence electrons. The van der Waals surface area contributed by atoms with E-state index in [4.69, 9.17) is 0 Å². The Morgan fingerprint density at radius 1 is 0.319 bits per heavy atom. The van der Waals surface area contributed by atoms with E-state index in [9.17, 15) is 0 Å². The zero-order chi connectivity index (χ0) is 51.9. The van der Waals surface area contributed by atoms with Crippen molar-refractivity contribution in [1.82, 2.24) is 0 Å². The molecule has 0 heterocycles. The molecule has 0 aromatic heterocycles. The van der Waals surface area contributed by atoms with Crippen molar-refractivity contribution >= 4 is 75.5 Å². The van der Waals surface area contributed by atoms with Gasteiger partial charge >= 0.3 is 83.7 Å². The van der Waals surface area contributed by atoms with Gasteiger partial charge in [0.15, 0.2) is 0 Å². The maximum atomic E-state index is 2.35. The van der Waals surface area contributed by atoms with Gasteiger partial charge in [0.25, 0.3) is 0 Å². The van der Waals surface area contributed by atoms with E-state index in [0.717, 1.165) is 0 Å². The van der Waals surface area contributed by atoms with Crippen LogP contribution in [0.5, 0.6) is 0 Å². The van der Waals surface area contributed by atoms with Gasteiger partial charge in [-0.15, -0.1) is 161 Å². The third-order valence-corrected chi connectivity index (χ3v) is 12.4. The maximum absolute atomic E-state index is 2.35. The standard InChI is InChI=1S/2C21H25.2C10H9.2C2H6Si.2ClH.2Zr/c2*1-20(2,3)16-7-9-18-14(12-16)11-15-13-17(21(4,5)6)8-10-19(15)18;2*1-8-6-9-4-2-3-5-10(9)7-8;2*1-3-2;;;;/h2*7-13H,1-6H3;2*2-7H,1H3;2*1-2H3;2*1H;;/q4*-1;;;;;2*+2/p-2. The summed E-state index contributed by atoms with van der Waals surface area (Å²) in [5.74, 6) is 0. The van der Waals surface area contributed by atoms with Crippen LogP contribution >= 0.6 is 0 Å². The van der Waals surface area contributed by atoms with Gasteiger partial charge in [-0.25, -0.2) is 0 Å². The van der Waals surface area contributed by atoms with Crippen molar-refractivity contribution in [2.75, 3.05) is 0 Å². The minimum absolute atomic E-state index is 0. The molecule has 0 nitrogen and oxygen atoms in total. The number of hydrogen-bond acceptors (Lipinski definition) is 0. The Balaban J connectivity index is 0.000000249. The van der Waals surface area contributed by atoms with Crippen LogP contribution in [0.15, 0.2) is 158 Å². The van der Waals surface area contributed by atoms with Crippen LogP contribution in [0.4, 0.5) is 0 Å². The van der Waals surface area contributed by atoms with Gasteiger partial charge in [0.2, 0.25) is 0 Å². The van der Waals surface area contributed by atoms with Crippen molar-refractivity contribution in [3.05, 3.63) is 191 Å². The molecule has 10 aromatic rings. The second-order valence-corrected chi connectivity index (χ2v) is 42.6. The van der Waals surface area contributed by atoms with Crippen molar-refractivity contribution in [2.24, 2.45) is 0 Å². The number of fused-ring (bicyclic) bond motifs is 8. The van der Waals surface area contributed by atoms with E-state index < -0.39 is 0 Å². The summed E-state index contributed by atoms with van der Waals surface area (Å²) in [5, 5.41) is 16.3. The monoisotopic (exact) mass is 1180 g/mol. The number of rotatable bonds is 0. The van der Waals surface area contributed by atoms with E-state index in [1.165, 1.54) is 98.0 Å². The first-order chi connectivity index (χ1) is 32.5. The first-order valence-electron chi connectivity index (χ1n) is 25.1. The molecule has 0 amide bonds. The molecule has 0 aliphatic heterocycles. The van der Waals surface area contributed by atoms with Gasteiger partial charge in [-0.3, -0.25) is 0 Å². The van der Waals surface area contributed by atoms with Crippen LogP contribution in [-0.4, -0.2) is 10.9 Å². The number of aryl methyl sites for hydroxylation is 2. The molecule has 0 saturated heterocycles. The quantitative estimate of drug-likeness (QED) is 0.105. The fourth-order valence-corrected chi connectivity index (χ4v) is 8.52. The Bertz CT molecular complexity index is 2920. The van der Waals surface area contributed by atoms with E-state index in [1.54, 1.807) is 46.7 Å². The first-order valence-corrected chi connectivity index (χ1v) is 37.4. The topological polar surface area (TPSA) is 0 Å². The molecule has 0 unspecified atom stereocenters. The summed E-state index contributed by atoms with van der Waals surface area (Å²) in [5.41, 5.74) is 9.54. The van der Waals surface area contributed by atoms with E-state index in [-0.39, 0.29) is 57.3 Å². The van der Waals surface area contributed by atoms with Crippen molar-refractivity contribution in [3.63, 3.8) is 0 Å². The zero-order valence-corrected chi connectivity index (χ0v) is 55.2. The molecule has 72 heavy (non-hydrogen) atoms. The predicted octanol–water partition coefficient (Wildman–Crippen LogP) is 13.9. The van der Waals surface area contributed by atoms with Crippen LogP contribution < -0.4 is 24.8 Å². The molecular formula is C66H80Cl2Si2Zr2-2. The van der Waals surface area contributed by atoms with Crippen molar-refractivity contribution < 1.29 is 71.5 Å². The van der Waals surface area contributed by atoms with E-state index >= 15 is 0 Å². The van der Waals surface area contributed by atoms with Crippen LogP contribution in [0, 0.1) is 13.8 Å². The normalized spacial score (nSPS) is 11.4. The molecule has 0 bridgehead atoms. The summed E-state index contributed by atoms with van der Waals surface area (Å²) in [7, 11) is 0. The van der Waals surface area contributed by atoms with Crippen LogP contribution in [0.3, 0.4) is 0 Å². The molecule has 0 aliphatic carbocycles. The Hall–Kier alpha value is -2.94. The Morgan fingerprint density at radius 2 is 0.542 bits per heavy atom. The second kappa shape index (κ2) is 26.7. The average Bonchev–Trinajstić information content (AvgIpc) is 4.02. The number of halogens is 2. The average molecular weight is 1180 g/mol. The Morgan fingerprint density at radius 3 is 0.750 bits per heavy atom. The van der Waals surface area contributed by atoms with Gasteiger partial charge in [-0.1, -0.05) is 180 Å². The summed E-state index contributed by atoms with van der Waals surface area (Å²) in [6.07, 6.45) is 0. The van der Waals surface area contributed by atoms with Crippen molar-refractivity contribution in [1.29, 1.82) is 0 Å². The summed E-state index contributed by atoms with van der Waals surface area (Å²) in [6, 6.07) is 58.0. The van der Waals surface area contributed by atoms with Gasteiger partial charge in [0.1, 0.15) is 0 Å². The smallest absolute Gasteiger partial charge is 0.0579 e. The maximum Gasteiger partial charge on any atom is -0.0579 e. The van der Waals surface area contributed by atoms with E-state index in [1.807, 2.05) is 0 Å². The van der Waals surface area contributed by atoms with Crippen molar-refractivity contribution in [3.8, 4) is 0 Å². The SMILES string of the molecule is CC(C)(C)c1ccc2c(c1)[cH-]c1cc(C(C)(C)C)ccc12.CC(C)(C)c1ccc2c(c1)[cH-]c1cc(C(C)(C)C)ccc12.C[Si](C)=[Zr+2].C[Si](C)=[Zr+2].Cc1cc2ccccc2[cH-]1.Cc1cc2ccccc2[cH-]1.[Cl-].[Cl-]. The molecule has 6 heteroatoms. The fraction of sp³-hybridized carbons (Fsp3) is 0.333. The fourth-order valence-electron chi connectivity index (χ4n) is 8.52. The molecule has 0 saturated carbocycles. The minimum atomic E-state index is 0. The molecule has 10 aromatic carbocycles. The third-order valence-electron chi connectivity index (χ3n) is 12.4. The van der Waals surface area contributed by atoms with Crippen LogP contribution in [-0.2, 0) is 68.3 Å². The van der Waals surface area contributed by atoms with E-state index in [2.05, 4.69) is 281 Å². The summed E-state index contributed by atoms with van der Waals surface area (Å²) in [6.45, 7) is 40.8.